The highest BCUT2D eigenvalue weighted by Gasteiger charge is 2.12. The van der Waals surface area contributed by atoms with E-state index in [1.165, 1.54) is 6.07 Å². The molecule has 2 aromatic carbocycles. The third-order valence-electron chi connectivity index (χ3n) is 2.92. The molecule has 5 heteroatoms. The number of halogens is 4. The standard InChI is InChI=1S/C15H13BrCl2FN/c1-9(8-10-4-2-3-5-12(10)19)20-13-7-6-11(16)14(17)15(13)18/h2-7,9,20H,8H2,1H3. The summed E-state index contributed by atoms with van der Waals surface area (Å²) in [5, 5.41) is 4.18. The van der Waals surface area contributed by atoms with Gasteiger partial charge in [-0.15, -0.1) is 0 Å². The number of anilines is 1. The van der Waals surface area contributed by atoms with E-state index in [0.29, 0.717) is 22.0 Å². The van der Waals surface area contributed by atoms with Crippen molar-refractivity contribution in [3.8, 4) is 0 Å². The van der Waals surface area contributed by atoms with Crippen molar-refractivity contribution in [2.45, 2.75) is 19.4 Å². The van der Waals surface area contributed by atoms with Crippen molar-refractivity contribution >= 4 is 44.8 Å². The first kappa shape index (κ1) is 15.6. The molecule has 0 saturated heterocycles. The third kappa shape index (κ3) is 3.66. The Morgan fingerprint density at radius 3 is 2.55 bits per heavy atom. The van der Waals surface area contributed by atoms with Gasteiger partial charge in [0.15, 0.2) is 0 Å². The van der Waals surface area contributed by atoms with E-state index in [0.717, 1.165) is 10.2 Å². The van der Waals surface area contributed by atoms with E-state index in [1.54, 1.807) is 12.1 Å². The number of hydrogen-bond acceptors (Lipinski definition) is 1. The number of rotatable bonds is 4. The maximum atomic E-state index is 13.6. The Morgan fingerprint density at radius 1 is 1.15 bits per heavy atom. The summed E-state index contributed by atoms with van der Waals surface area (Å²) < 4.78 is 14.4. The lowest BCUT2D eigenvalue weighted by molar-refractivity contribution is 0.601. The van der Waals surface area contributed by atoms with Crippen LogP contribution in [0.5, 0.6) is 0 Å². The van der Waals surface area contributed by atoms with Gasteiger partial charge in [0.2, 0.25) is 0 Å². The number of benzene rings is 2. The first-order valence-corrected chi connectivity index (χ1v) is 7.67. The van der Waals surface area contributed by atoms with Gasteiger partial charge in [0.05, 0.1) is 15.7 Å². The topological polar surface area (TPSA) is 12.0 Å². The molecular weight excluding hydrogens is 364 g/mol. The quantitative estimate of drug-likeness (QED) is 0.651. The van der Waals surface area contributed by atoms with Crippen LogP contribution in [0.4, 0.5) is 10.1 Å². The minimum atomic E-state index is -0.193. The van der Waals surface area contributed by atoms with E-state index >= 15 is 0 Å². The van der Waals surface area contributed by atoms with E-state index in [1.807, 2.05) is 25.1 Å². The van der Waals surface area contributed by atoms with Crippen molar-refractivity contribution in [1.82, 2.24) is 0 Å². The number of hydrogen-bond donors (Lipinski definition) is 1. The first-order valence-electron chi connectivity index (χ1n) is 6.12. The minimum Gasteiger partial charge on any atom is -0.381 e. The zero-order valence-corrected chi connectivity index (χ0v) is 13.9. The molecule has 1 unspecified atom stereocenters. The smallest absolute Gasteiger partial charge is 0.126 e. The lowest BCUT2D eigenvalue weighted by atomic mass is 10.1. The molecule has 0 heterocycles. The largest absolute Gasteiger partial charge is 0.381 e. The van der Waals surface area contributed by atoms with Gasteiger partial charge in [-0.3, -0.25) is 0 Å². The first-order chi connectivity index (χ1) is 9.49. The van der Waals surface area contributed by atoms with Crippen molar-refractivity contribution in [2.24, 2.45) is 0 Å². The Labute approximate surface area is 136 Å². The fourth-order valence-electron chi connectivity index (χ4n) is 1.95. The fraction of sp³-hybridized carbons (Fsp3) is 0.200. The van der Waals surface area contributed by atoms with Crippen LogP contribution < -0.4 is 5.32 Å². The van der Waals surface area contributed by atoms with E-state index in [4.69, 9.17) is 23.2 Å². The zero-order valence-electron chi connectivity index (χ0n) is 10.8. The van der Waals surface area contributed by atoms with E-state index in [-0.39, 0.29) is 11.9 Å². The summed E-state index contributed by atoms with van der Waals surface area (Å²) >= 11 is 15.6. The summed E-state index contributed by atoms with van der Waals surface area (Å²) in [6.45, 7) is 1.97. The van der Waals surface area contributed by atoms with Crippen LogP contribution in [0.2, 0.25) is 10.0 Å². The van der Waals surface area contributed by atoms with Crippen LogP contribution in [0.25, 0.3) is 0 Å². The SMILES string of the molecule is CC(Cc1ccccc1F)Nc1ccc(Br)c(Cl)c1Cl. The molecule has 0 bridgehead atoms. The summed E-state index contributed by atoms with van der Waals surface area (Å²) in [6.07, 6.45) is 0.566. The summed E-state index contributed by atoms with van der Waals surface area (Å²) in [5.41, 5.74) is 1.41. The molecule has 1 nitrogen and oxygen atoms in total. The average Bonchev–Trinajstić information content (AvgIpc) is 2.42. The van der Waals surface area contributed by atoms with Crippen LogP contribution in [0.15, 0.2) is 40.9 Å². The highest BCUT2D eigenvalue weighted by molar-refractivity contribution is 9.10. The second-order valence-corrected chi connectivity index (χ2v) is 6.17. The van der Waals surface area contributed by atoms with Crippen LogP contribution in [0, 0.1) is 5.82 Å². The number of nitrogens with one attached hydrogen (secondary N) is 1. The minimum absolute atomic E-state index is 0.0293. The summed E-state index contributed by atoms with van der Waals surface area (Å²) in [4.78, 5) is 0. The predicted molar refractivity (Wildman–Crippen MR) is 87.4 cm³/mol. The second kappa shape index (κ2) is 6.79. The second-order valence-electron chi connectivity index (χ2n) is 4.56. The van der Waals surface area contributed by atoms with Gasteiger partial charge in [0.25, 0.3) is 0 Å². The lowest BCUT2D eigenvalue weighted by Gasteiger charge is -2.17. The maximum Gasteiger partial charge on any atom is 0.126 e. The Balaban J connectivity index is 2.11. The summed E-state index contributed by atoms with van der Waals surface area (Å²) in [7, 11) is 0. The van der Waals surface area contributed by atoms with Crippen molar-refractivity contribution < 1.29 is 4.39 Å². The van der Waals surface area contributed by atoms with E-state index in [2.05, 4.69) is 21.2 Å². The highest BCUT2D eigenvalue weighted by Crippen LogP contribution is 2.36. The van der Waals surface area contributed by atoms with Crippen molar-refractivity contribution in [2.75, 3.05) is 5.32 Å². The van der Waals surface area contributed by atoms with Gasteiger partial charge >= 0.3 is 0 Å². The molecule has 0 saturated carbocycles. The Kier molecular flexibility index (Phi) is 5.30. The van der Waals surface area contributed by atoms with Crippen molar-refractivity contribution in [1.29, 1.82) is 0 Å². The third-order valence-corrected chi connectivity index (χ3v) is 4.69. The molecule has 1 atom stereocenters. The highest BCUT2D eigenvalue weighted by atomic mass is 79.9. The molecule has 0 aliphatic heterocycles. The molecule has 0 aliphatic rings. The van der Waals surface area contributed by atoms with Gasteiger partial charge in [-0.1, -0.05) is 41.4 Å². The normalized spacial score (nSPS) is 12.2. The van der Waals surface area contributed by atoms with E-state index < -0.39 is 0 Å². The van der Waals surface area contributed by atoms with Gasteiger partial charge in [-0.2, -0.15) is 0 Å². The molecule has 2 rings (SSSR count). The van der Waals surface area contributed by atoms with Crippen LogP contribution in [0.1, 0.15) is 12.5 Å². The molecule has 1 N–H and O–H groups in total. The summed E-state index contributed by atoms with van der Waals surface area (Å²) in [6, 6.07) is 10.5. The van der Waals surface area contributed by atoms with Crippen LogP contribution >= 0.6 is 39.1 Å². The average molecular weight is 377 g/mol. The van der Waals surface area contributed by atoms with Gasteiger partial charge < -0.3 is 5.32 Å². The van der Waals surface area contributed by atoms with Crippen molar-refractivity contribution in [3.63, 3.8) is 0 Å². The van der Waals surface area contributed by atoms with Gasteiger partial charge in [-0.25, -0.2) is 4.39 Å². The predicted octanol–water partition coefficient (Wildman–Crippen LogP) is 5.94. The van der Waals surface area contributed by atoms with Crippen LogP contribution in [-0.2, 0) is 6.42 Å². The lowest BCUT2D eigenvalue weighted by Crippen LogP contribution is -2.19. The molecule has 20 heavy (non-hydrogen) atoms. The molecule has 0 spiro atoms. The molecule has 0 amide bonds. The molecule has 106 valence electrons. The zero-order chi connectivity index (χ0) is 14.7. The molecule has 0 radical (unpaired) electrons. The summed E-state index contributed by atoms with van der Waals surface area (Å²) in [5.74, 6) is -0.193. The molecule has 0 aliphatic carbocycles. The Bertz CT molecular complexity index is 619. The van der Waals surface area contributed by atoms with Gasteiger partial charge in [-0.05, 0) is 53.0 Å². The van der Waals surface area contributed by atoms with Gasteiger partial charge in [0.1, 0.15) is 5.82 Å². The molecule has 0 fully saturated rings. The molecule has 0 aromatic heterocycles. The monoisotopic (exact) mass is 375 g/mol. The fourth-order valence-corrected chi connectivity index (χ4v) is 2.78. The maximum absolute atomic E-state index is 13.6. The van der Waals surface area contributed by atoms with Gasteiger partial charge in [0, 0.05) is 10.5 Å². The Hall–Kier alpha value is -0.770. The Morgan fingerprint density at radius 2 is 1.85 bits per heavy atom. The molecular formula is C15H13BrCl2FN. The van der Waals surface area contributed by atoms with Crippen molar-refractivity contribution in [3.05, 3.63) is 62.3 Å². The van der Waals surface area contributed by atoms with E-state index in [9.17, 15) is 4.39 Å². The van der Waals surface area contributed by atoms with Crippen LogP contribution in [0.3, 0.4) is 0 Å². The van der Waals surface area contributed by atoms with Crippen LogP contribution in [-0.4, -0.2) is 6.04 Å². The molecule has 2 aromatic rings.